The molecule has 5 heteroatoms. The normalized spacial score (nSPS) is 9.25. The zero-order valence-electron chi connectivity index (χ0n) is 8.40. The average molecular weight is 227 g/mol. The highest BCUT2D eigenvalue weighted by Crippen LogP contribution is 2.12. The number of rotatable bonds is 1. The molecule has 0 spiro atoms. The topological polar surface area (TPSA) is 29.1 Å². The molecule has 1 aromatic rings. The smallest absolute Gasteiger partial charge is 0.217 e. The van der Waals surface area contributed by atoms with E-state index in [0.29, 0.717) is 0 Å². The number of hydrogen-bond acceptors (Lipinski definition) is 1. The van der Waals surface area contributed by atoms with Gasteiger partial charge in [-0.15, -0.1) is 0 Å². The third-order valence-corrected chi connectivity index (χ3v) is 1.64. The first-order valence-corrected chi connectivity index (χ1v) is 4.38. The van der Waals surface area contributed by atoms with Gasteiger partial charge in [0.05, 0.1) is 6.54 Å². The second kappa shape index (κ2) is 5.21. The Kier molecular flexibility index (Phi) is 3.95. The summed E-state index contributed by atoms with van der Waals surface area (Å²) in [6.45, 7) is 1.38. The first-order chi connectivity index (χ1) is 7.50. The Morgan fingerprint density at radius 2 is 1.88 bits per heavy atom. The maximum atomic E-state index is 12.7. The first kappa shape index (κ1) is 12.1. The highest BCUT2D eigenvalue weighted by atomic mass is 19.2. The van der Waals surface area contributed by atoms with Crippen LogP contribution in [0.1, 0.15) is 12.5 Å². The van der Waals surface area contributed by atoms with Gasteiger partial charge in [0.25, 0.3) is 0 Å². The van der Waals surface area contributed by atoms with Crippen molar-refractivity contribution in [2.45, 2.75) is 6.92 Å². The fraction of sp³-hybridized carbons (Fsp3) is 0.182. The summed E-state index contributed by atoms with van der Waals surface area (Å²) >= 11 is 0. The number of halogens is 3. The second-order valence-electron chi connectivity index (χ2n) is 2.97. The second-order valence-corrected chi connectivity index (χ2v) is 2.97. The van der Waals surface area contributed by atoms with Crippen LogP contribution >= 0.6 is 0 Å². The van der Waals surface area contributed by atoms with Crippen LogP contribution in [-0.2, 0) is 4.79 Å². The van der Waals surface area contributed by atoms with Crippen LogP contribution in [0.3, 0.4) is 0 Å². The summed E-state index contributed by atoms with van der Waals surface area (Å²) in [5.74, 6) is 0.511. The van der Waals surface area contributed by atoms with Crippen LogP contribution in [0.15, 0.2) is 12.1 Å². The zero-order valence-corrected chi connectivity index (χ0v) is 8.40. The van der Waals surface area contributed by atoms with Gasteiger partial charge in [-0.05, 0) is 12.1 Å². The van der Waals surface area contributed by atoms with E-state index in [1.54, 1.807) is 0 Å². The third-order valence-electron chi connectivity index (χ3n) is 1.64. The molecule has 0 aliphatic heterocycles. The van der Waals surface area contributed by atoms with Crippen LogP contribution in [-0.4, -0.2) is 12.5 Å². The molecular formula is C11H8F3NO. The third kappa shape index (κ3) is 3.31. The van der Waals surface area contributed by atoms with Crippen molar-refractivity contribution in [3.8, 4) is 11.8 Å². The van der Waals surface area contributed by atoms with E-state index in [1.165, 1.54) is 6.92 Å². The molecule has 0 radical (unpaired) electrons. The Bertz CT molecular complexity index is 451. The Labute approximate surface area is 90.5 Å². The molecule has 1 rings (SSSR count). The van der Waals surface area contributed by atoms with Gasteiger partial charge in [-0.3, -0.25) is 4.79 Å². The van der Waals surface area contributed by atoms with Gasteiger partial charge in [0.15, 0.2) is 17.5 Å². The van der Waals surface area contributed by atoms with Crippen molar-refractivity contribution in [2.75, 3.05) is 6.54 Å². The molecule has 1 N–H and O–H groups in total. The number of hydrogen-bond donors (Lipinski definition) is 1. The largest absolute Gasteiger partial charge is 0.345 e. The minimum atomic E-state index is -1.52. The lowest BCUT2D eigenvalue weighted by atomic mass is 10.2. The molecule has 0 saturated carbocycles. The Morgan fingerprint density at radius 1 is 1.31 bits per heavy atom. The van der Waals surface area contributed by atoms with Gasteiger partial charge >= 0.3 is 0 Å². The molecule has 1 aromatic carbocycles. The summed E-state index contributed by atoms with van der Waals surface area (Å²) in [7, 11) is 0. The van der Waals surface area contributed by atoms with Gasteiger partial charge in [-0.2, -0.15) is 0 Å². The molecule has 0 aliphatic rings. The van der Waals surface area contributed by atoms with Crippen LogP contribution < -0.4 is 5.32 Å². The van der Waals surface area contributed by atoms with Crippen LogP contribution in [0.25, 0.3) is 0 Å². The van der Waals surface area contributed by atoms with E-state index in [4.69, 9.17) is 0 Å². The quantitative estimate of drug-likeness (QED) is 0.573. The summed E-state index contributed by atoms with van der Waals surface area (Å²) in [4.78, 5) is 10.5. The molecule has 0 fully saturated rings. The lowest BCUT2D eigenvalue weighted by Crippen LogP contribution is -2.19. The maximum absolute atomic E-state index is 12.7. The monoisotopic (exact) mass is 227 g/mol. The van der Waals surface area contributed by atoms with Crippen molar-refractivity contribution in [1.82, 2.24) is 5.32 Å². The molecular weight excluding hydrogens is 219 g/mol. The van der Waals surface area contributed by atoms with Crippen molar-refractivity contribution < 1.29 is 18.0 Å². The average Bonchev–Trinajstić information content (AvgIpc) is 2.20. The van der Waals surface area contributed by atoms with E-state index in [9.17, 15) is 18.0 Å². The number of amides is 1. The number of benzene rings is 1. The summed E-state index contributed by atoms with van der Waals surface area (Å²) in [5, 5.41) is 2.38. The van der Waals surface area contributed by atoms with Crippen molar-refractivity contribution >= 4 is 5.91 Å². The molecule has 0 bridgehead atoms. The predicted octanol–water partition coefficient (Wildman–Crippen LogP) is 1.59. The summed E-state index contributed by atoms with van der Waals surface area (Å²) in [5.41, 5.74) is 0.0155. The van der Waals surface area contributed by atoms with E-state index in [1.807, 2.05) is 0 Å². The standard InChI is InChI=1S/C11H8F3NO/c1-7(16)15-4-2-3-8-5-9(12)11(14)10(13)6-8/h5-6H,4H2,1H3,(H,15,16). The zero-order chi connectivity index (χ0) is 12.1. The van der Waals surface area contributed by atoms with Crippen LogP contribution in [0.2, 0.25) is 0 Å². The lowest BCUT2D eigenvalue weighted by Gasteiger charge is -1.96. The first-order valence-electron chi connectivity index (χ1n) is 4.38. The van der Waals surface area contributed by atoms with E-state index < -0.39 is 17.5 Å². The Balaban J connectivity index is 2.78. The minimum absolute atomic E-state index is 0.0155. The summed E-state index contributed by atoms with van der Waals surface area (Å²) in [6, 6.07) is 1.58. The minimum Gasteiger partial charge on any atom is -0.345 e. The van der Waals surface area contributed by atoms with Gasteiger partial charge < -0.3 is 5.32 Å². The maximum Gasteiger partial charge on any atom is 0.217 e. The van der Waals surface area contributed by atoms with Crippen LogP contribution in [0.4, 0.5) is 13.2 Å². The van der Waals surface area contributed by atoms with Gasteiger partial charge in [0.1, 0.15) is 0 Å². The van der Waals surface area contributed by atoms with Gasteiger partial charge in [-0.25, -0.2) is 13.2 Å². The molecule has 0 heterocycles. The summed E-state index contributed by atoms with van der Waals surface area (Å²) in [6.07, 6.45) is 0. The molecule has 0 aromatic heterocycles. The van der Waals surface area contributed by atoms with Gasteiger partial charge in [0, 0.05) is 12.5 Å². The van der Waals surface area contributed by atoms with Crippen LogP contribution in [0, 0.1) is 29.3 Å². The van der Waals surface area contributed by atoms with Crippen molar-refractivity contribution in [3.63, 3.8) is 0 Å². The van der Waals surface area contributed by atoms with Crippen molar-refractivity contribution in [2.24, 2.45) is 0 Å². The molecule has 0 aliphatic carbocycles. The molecule has 0 unspecified atom stereocenters. The van der Waals surface area contributed by atoms with Gasteiger partial charge in [0.2, 0.25) is 5.91 Å². The van der Waals surface area contributed by atoms with Gasteiger partial charge in [-0.1, -0.05) is 11.8 Å². The molecule has 84 valence electrons. The summed E-state index contributed by atoms with van der Waals surface area (Å²) < 4.78 is 38.0. The Hall–Kier alpha value is -1.96. The highest BCUT2D eigenvalue weighted by molar-refractivity contribution is 5.73. The van der Waals surface area contributed by atoms with E-state index in [0.717, 1.165) is 12.1 Å². The van der Waals surface area contributed by atoms with Crippen molar-refractivity contribution in [3.05, 3.63) is 35.1 Å². The van der Waals surface area contributed by atoms with E-state index in [-0.39, 0.29) is 18.0 Å². The molecule has 0 saturated heterocycles. The van der Waals surface area contributed by atoms with E-state index in [2.05, 4.69) is 17.2 Å². The Morgan fingerprint density at radius 3 is 2.38 bits per heavy atom. The van der Waals surface area contributed by atoms with E-state index >= 15 is 0 Å². The predicted molar refractivity (Wildman–Crippen MR) is 51.9 cm³/mol. The van der Waals surface area contributed by atoms with Crippen LogP contribution in [0.5, 0.6) is 0 Å². The SMILES string of the molecule is CC(=O)NCC#Cc1cc(F)c(F)c(F)c1. The number of carbonyl (C=O) groups excluding carboxylic acids is 1. The molecule has 2 nitrogen and oxygen atoms in total. The molecule has 1 amide bonds. The fourth-order valence-electron chi connectivity index (χ4n) is 0.943. The highest BCUT2D eigenvalue weighted by Gasteiger charge is 2.08. The lowest BCUT2D eigenvalue weighted by molar-refractivity contribution is -0.118. The van der Waals surface area contributed by atoms with Crippen molar-refractivity contribution in [1.29, 1.82) is 0 Å². The molecule has 16 heavy (non-hydrogen) atoms. The molecule has 0 atom stereocenters. The fourth-order valence-corrected chi connectivity index (χ4v) is 0.943. The number of nitrogens with one attached hydrogen (secondary N) is 1. The number of carbonyl (C=O) groups is 1.